The molecule has 0 aliphatic heterocycles. The molecular formula is C16H27FN2O2. The second-order valence-corrected chi connectivity index (χ2v) is 6.05. The third-order valence-corrected chi connectivity index (χ3v) is 3.13. The number of hydrogen-bond donors (Lipinski definition) is 2. The fraction of sp³-hybridized carbons (Fsp3) is 0.625. The molecule has 0 atom stereocenters. The summed E-state index contributed by atoms with van der Waals surface area (Å²) in [6, 6.07) is 5.08. The maximum absolute atomic E-state index is 14.3. The minimum Gasteiger partial charge on any atom is -0.395 e. The zero-order valence-corrected chi connectivity index (χ0v) is 13.4. The van der Waals surface area contributed by atoms with Gasteiger partial charge in [0.05, 0.1) is 18.9 Å². The van der Waals surface area contributed by atoms with Gasteiger partial charge in [0.2, 0.25) is 0 Å². The van der Waals surface area contributed by atoms with Crippen LogP contribution in [0.15, 0.2) is 18.2 Å². The number of benzene rings is 1. The van der Waals surface area contributed by atoms with Crippen molar-refractivity contribution >= 4 is 5.69 Å². The summed E-state index contributed by atoms with van der Waals surface area (Å²) in [5.41, 5.74) is 1.38. The summed E-state index contributed by atoms with van der Waals surface area (Å²) in [7, 11) is 1.61. The number of rotatable bonds is 8. The lowest BCUT2D eigenvalue weighted by Crippen LogP contribution is -2.37. The molecule has 1 aromatic carbocycles. The number of methoxy groups -OCH3 is 1. The monoisotopic (exact) mass is 298 g/mol. The SMILES string of the molecule is COCCN(CCO)c1c(F)cccc1CNC(C)(C)C. The van der Waals surface area contributed by atoms with E-state index in [2.05, 4.69) is 26.1 Å². The molecule has 0 aliphatic carbocycles. The van der Waals surface area contributed by atoms with Crippen LogP contribution in [0.25, 0.3) is 0 Å². The van der Waals surface area contributed by atoms with Crippen molar-refractivity contribution in [2.75, 3.05) is 38.3 Å². The Kier molecular flexibility index (Phi) is 7.08. The lowest BCUT2D eigenvalue weighted by atomic mass is 10.1. The average Bonchev–Trinajstić information content (AvgIpc) is 2.41. The van der Waals surface area contributed by atoms with E-state index in [1.165, 1.54) is 6.07 Å². The second-order valence-electron chi connectivity index (χ2n) is 6.05. The van der Waals surface area contributed by atoms with Crippen molar-refractivity contribution in [1.82, 2.24) is 5.32 Å². The van der Waals surface area contributed by atoms with Crippen LogP contribution in [0.4, 0.5) is 10.1 Å². The second kappa shape index (κ2) is 8.32. The zero-order valence-electron chi connectivity index (χ0n) is 13.4. The summed E-state index contributed by atoms with van der Waals surface area (Å²) in [4.78, 5) is 1.83. The summed E-state index contributed by atoms with van der Waals surface area (Å²) >= 11 is 0. The van der Waals surface area contributed by atoms with Gasteiger partial charge in [-0.2, -0.15) is 0 Å². The van der Waals surface area contributed by atoms with E-state index in [9.17, 15) is 9.50 Å². The summed E-state index contributed by atoms with van der Waals surface area (Å²) in [6.07, 6.45) is 0. The molecular weight excluding hydrogens is 271 g/mol. The number of aliphatic hydroxyl groups excluding tert-OH is 1. The fourth-order valence-corrected chi connectivity index (χ4v) is 2.07. The van der Waals surface area contributed by atoms with Gasteiger partial charge in [0.15, 0.2) is 0 Å². The van der Waals surface area contributed by atoms with Gasteiger partial charge in [-0.15, -0.1) is 0 Å². The van der Waals surface area contributed by atoms with Gasteiger partial charge in [-0.25, -0.2) is 4.39 Å². The summed E-state index contributed by atoms with van der Waals surface area (Å²) in [6.45, 7) is 8.18. The van der Waals surface area contributed by atoms with Crippen LogP contribution >= 0.6 is 0 Å². The Morgan fingerprint density at radius 3 is 2.57 bits per heavy atom. The molecule has 5 heteroatoms. The number of halogens is 1. The normalized spacial score (nSPS) is 11.7. The third kappa shape index (κ3) is 5.99. The van der Waals surface area contributed by atoms with Crippen LogP contribution in [0.5, 0.6) is 0 Å². The molecule has 0 aliphatic rings. The molecule has 0 saturated carbocycles. The van der Waals surface area contributed by atoms with Gasteiger partial charge in [0.25, 0.3) is 0 Å². The molecule has 0 saturated heterocycles. The number of nitrogens with one attached hydrogen (secondary N) is 1. The van der Waals surface area contributed by atoms with E-state index in [-0.39, 0.29) is 18.0 Å². The van der Waals surface area contributed by atoms with Crippen LogP contribution in [0.3, 0.4) is 0 Å². The quantitative estimate of drug-likeness (QED) is 0.772. The molecule has 0 heterocycles. The first-order valence-corrected chi connectivity index (χ1v) is 7.26. The number of para-hydroxylation sites is 1. The number of nitrogens with zero attached hydrogens (tertiary/aromatic N) is 1. The first-order valence-electron chi connectivity index (χ1n) is 7.26. The highest BCUT2D eigenvalue weighted by Crippen LogP contribution is 2.25. The topological polar surface area (TPSA) is 44.7 Å². The summed E-state index contributed by atoms with van der Waals surface area (Å²) in [5, 5.41) is 12.6. The van der Waals surface area contributed by atoms with Crippen LogP contribution in [0, 0.1) is 5.82 Å². The maximum Gasteiger partial charge on any atom is 0.146 e. The molecule has 0 spiro atoms. The van der Waals surface area contributed by atoms with Crippen molar-refractivity contribution in [2.24, 2.45) is 0 Å². The predicted molar refractivity (Wildman–Crippen MR) is 84.2 cm³/mol. The Balaban J connectivity index is 3.00. The molecule has 1 aromatic rings. The Morgan fingerprint density at radius 1 is 1.29 bits per heavy atom. The van der Waals surface area contributed by atoms with Crippen LogP contribution in [-0.4, -0.2) is 44.1 Å². The average molecular weight is 298 g/mol. The Morgan fingerprint density at radius 2 is 2.00 bits per heavy atom. The van der Waals surface area contributed by atoms with Gasteiger partial charge in [-0.3, -0.25) is 0 Å². The molecule has 21 heavy (non-hydrogen) atoms. The molecule has 120 valence electrons. The van der Waals surface area contributed by atoms with Gasteiger partial charge >= 0.3 is 0 Å². The number of hydrogen-bond acceptors (Lipinski definition) is 4. The van der Waals surface area contributed by atoms with Crippen molar-refractivity contribution in [3.8, 4) is 0 Å². The van der Waals surface area contributed by atoms with E-state index in [0.29, 0.717) is 31.9 Å². The van der Waals surface area contributed by atoms with Crippen LogP contribution in [0.2, 0.25) is 0 Å². The van der Waals surface area contributed by atoms with Gasteiger partial charge < -0.3 is 20.1 Å². The van der Waals surface area contributed by atoms with Gasteiger partial charge in [0, 0.05) is 32.3 Å². The van der Waals surface area contributed by atoms with Crippen molar-refractivity contribution < 1.29 is 14.2 Å². The molecule has 2 N–H and O–H groups in total. The smallest absolute Gasteiger partial charge is 0.146 e. The van der Waals surface area contributed by atoms with E-state index < -0.39 is 0 Å². The molecule has 0 radical (unpaired) electrons. The minimum atomic E-state index is -0.271. The molecule has 0 bridgehead atoms. The van der Waals surface area contributed by atoms with E-state index in [1.807, 2.05) is 11.0 Å². The Bertz CT molecular complexity index is 433. The van der Waals surface area contributed by atoms with Crippen LogP contribution in [-0.2, 0) is 11.3 Å². The molecule has 0 amide bonds. The van der Waals surface area contributed by atoms with Crippen molar-refractivity contribution in [1.29, 1.82) is 0 Å². The first-order chi connectivity index (χ1) is 9.89. The summed E-state index contributed by atoms with van der Waals surface area (Å²) in [5.74, 6) is -0.271. The van der Waals surface area contributed by atoms with Crippen LogP contribution < -0.4 is 10.2 Å². The van der Waals surface area contributed by atoms with Crippen molar-refractivity contribution in [2.45, 2.75) is 32.9 Å². The number of aliphatic hydroxyl groups is 1. The number of anilines is 1. The highest BCUT2D eigenvalue weighted by Gasteiger charge is 2.17. The molecule has 0 fully saturated rings. The highest BCUT2D eigenvalue weighted by molar-refractivity contribution is 5.55. The number of ether oxygens (including phenoxy) is 1. The van der Waals surface area contributed by atoms with E-state index in [1.54, 1.807) is 13.2 Å². The maximum atomic E-state index is 14.3. The van der Waals surface area contributed by atoms with E-state index in [0.717, 1.165) is 5.56 Å². The van der Waals surface area contributed by atoms with Crippen molar-refractivity contribution in [3.05, 3.63) is 29.6 Å². The Hall–Kier alpha value is -1.17. The molecule has 1 rings (SSSR count). The van der Waals surface area contributed by atoms with Crippen LogP contribution in [0.1, 0.15) is 26.3 Å². The summed E-state index contributed by atoms with van der Waals surface area (Å²) < 4.78 is 19.4. The highest BCUT2D eigenvalue weighted by atomic mass is 19.1. The van der Waals surface area contributed by atoms with Crippen molar-refractivity contribution in [3.63, 3.8) is 0 Å². The molecule has 0 unspecified atom stereocenters. The lowest BCUT2D eigenvalue weighted by Gasteiger charge is -2.28. The molecule has 0 aromatic heterocycles. The minimum absolute atomic E-state index is 0.0236. The molecule has 4 nitrogen and oxygen atoms in total. The lowest BCUT2D eigenvalue weighted by molar-refractivity contribution is 0.202. The van der Waals surface area contributed by atoms with E-state index in [4.69, 9.17) is 4.74 Å². The van der Waals surface area contributed by atoms with Gasteiger partial charge in [-0.1, -0.05) is 12.1 Å². The predicted octanol–water partition coefficient (Wildman–Crippen LogP) is 2.16. The third-order valence-electron chi connectivity index (χ3n) is 3.13. The fourth-order valence-electron chi connectivity index (χ4n) is 2.07. The van der Waals surface area contributed by atoms with Gasteiger partial charge in [0.1, 0.15) is 5.82 Å². The zero-order chi connectivity index (χ0) is 15.9. The van der Waals surface area contributed by atoms with Gasteiger partial charge in [-0.05, 0) is 32.4 Å². The largest absolute Gasteiger partial charge is 0.395 e. The Labute approximate surface area is 126 Å². The van der Waals surface area contributed by atoms with E-state index >= 15 is 0 Å². The standard InChI is InChI=1S/C16H27FN2O2/c1-16(2,3)18-12-13-6-5-7-14(17)15(13)19(8-10-20)9-11-21-4/h5-7,18,20H,8-12H2,1-4H3. The first kappa shape index (κ1) is 17.9.